The third-order valence-electron chi connectivity index (χ3n) is 6.22. The number of carbonyl (C=O) groups is 2. The second kappa shape index (κ2) is 8.12. The van der Waals surface area contributed by atoms with E-state index in [9.17, 15) is 9.59 Å². The minimum Gasteiger partial charge on any atom is -0.442 e. The lowest BCUT2D eigenvalue weighted by Gasteiger charge is -2.22. The lowest BCUT2D eigenvalue weighted by molar-refractivity contribution is -0.119. The van der Waals surface area contributed by atoms with Gasteiger partial charge in [-0.05, 0) is 30.5 Å². The van der Waals surface area contributed by atoms with E-state index in [-0.39, 0.29) is 30.4 Å². The van der Waals surface area contributed by atoms with Gasteiger partial charge in [0.05, 0.1) is 24.9 Å². The highest BCUT2D eigenvalue weighted by Gasteiger charge is 2.77. The maximum absolute atomic E-state index is 12.2. The molecule has 0 aromatic heterocycles. The van der Waals surface area contributed by atoms with Crippen molar-refractivity contribution in [3.05, 3.63) is 41.2 Å². The fourth-order valence-corrected chi connectivity index (χ4v) is 5.25. The van der Waals surface area contributed by atoms with Gasteiger partial charge < -0.3 is 19.8 Å². The number of cyclic esters (lactones) is 1. The molecular formula is C21H22N6O3S. The zero-order chi connectivity index (χ0) is 22.2. The van der Waals surface area contributed by atoms with Crippen molar-refractivity contribution in [2.75, 3.05) is 37.3 Å². The number of nitrogens with zero attached hydrogens (tertiary/aromatic N) is 5. The lowest BCUT2D eigenvalue weighted by atomic mass is 9.99. The normalized spacial score (nSPS) is 29.1. The fourth-order valence-electron chi connectivity index (χ4n) is 4.71. The van der Waals surface area contributed by atoms with Crippen LogP contribution in [-0.4, -0.2) is 60.6 Å². The first-order chi connectivity index (χ1) is 14.9. The minimum atomic E-state index is -0.551. The van der Waals surface area contributed by atoms with E-state index in [1.165, 1.54) is 18.7 Å². The Bertz CT molecular complexity index is 999. The SMILES string of the molecule is [C-]#[N+]C1(c2ccc(N3C[C@H](CNC(C)=O)OC3=O)cc2)[C@@H]2CN(C(=NC#N)SC)C[C@@H]21. The van der Waals surface area contributed by atoms with Crippen LogP contribution in [0.2, 0.25) is 0 Å². The Morgan fingerprint density at radius 1 is 1.39 bits per heavy atom. The van der Waals surface area contributed by atoms with Crippen LogP contribution in [0.1, 0.15) is 12.5 Å². The van der Waals surface area contributed by atoms with Crippen LogP contribution in [0.5, 0.6) is 0 Å². The molecule has 160 valence electrons. The van der Waals surface area contributed by atoms with Crippen LogP contribution in [0.3, 0.4) is 0 Å². The average molecular weight is 439 g/mol. The molecule has 4 rings (SSSR count). The number of hydrogen-bond donors (Lipinski definition) is 1. The molecule has 1 unspecified atom stereocenters. The van der Waals surface area contributed by atoms with E-state index in [0.717, 1.165) is 5.56 Å². The van der Waals surface area contributed by atoms with E-state index < -0.39 is 11.6 Å². The minimum absolute atomic E-state index is 0.166. The summed E-state index contributed by atoms with van der Waals surface area (Å²) in [6.45, 7) is 11.3. The largest absolute Gasteiger partial charge is 0.442 e. The number of anilines is 1. The first-order valence-electron chi connectivity index (χ1n) is 9.92. The highest BCUT2D eigenvalue weighted by molar-refractivity contribution is 8.13. The Kier molecular flexibility index (Phi) is 5.50. The summed E-state index contributed by atoms with van der Waals surface area (Å²) >= 11 is 1.44. The molecule has 2 heterocycles. The Balaban J connectivity index is 1.44. The zero-order valence-electron chi connectivity index (χ0n) is 17.2. The fraction of sp³-hybridized carbons (Fsp3) is 0.476. The summed E-state index contributed by atoms with van der Waals surface area (Å²) < 4.78 is 5.32. The number of hydrogen-bond acceptors (Lipinski definition) is 6. The van der Waals surface area contributed by atoms with Crippen LogP contribution >= 0.6 is 11.8 Å². The highest BCUT2D eigenvalue weighted by Crippen LogP contribution is 2.64. The molecule has 0 radical (unpaired) electrons. The summed E-state index contributed by atoms with van der Waals surface area (Å²) in [4.78, 5) is 34.8. The smallest absolute Gasteiger partial charge is 0.414 e. The van der Waals surface area contributed by atoms with E-state index in [4.69, 9.17) is 16.6 Å². The topological polar surface area (TPSA) is 102 Å². The van der Waals surface area contributed by atoms with Gasteiger partial charge in [0.1, 0.15) is 6.10 Å². The van der Waals surface area contributed by atoms with Gasteiger partial charge in [-0.15, -0.1) is 4.99 Å². The summed E-state index contributed by atoms with van der Waals surface area (Å²) in [5.74, 6) is 0.233. The molecular weight excluding hydrogens is 416 g/mol. The average Bonchev–Trinajstić information content (AvgIpc) is 3.06. The summed E-state index contributed by atoms with van der Waals surface area (Å²) in [6, 6.07) is 7.54. The third kappa shape index (κ3) is 3.57. The number of nitrogens with one attached hydrogen (secondary N) is 1. The maximum atomic E-state index is 12.2. The van der Waals surface area contributed by atoms with E-state index >= 15 is 0 Å². The van der Waals surface area contributed by atoms with Gasteiger partial charge in [0.25, 0.3) is 5.54 Å². The molecule has 4 atom stereocenters. The molecule has 1 aliphatic carbocycles. The van der Waals surface area contributed by atoms with Crippen LogP contribution in [0.25, 0.3) is 4.85 Å². The number of piperidine rings is 1. The van der Waals surface area contributed by atoms with Crippen molar-refractivity contribution in [3.8, 4) is 6.19 Å². The molecule has 2 saturated heterocycles. The van der Waals surface area contributed by atoms with Crippen molar-refractivity contribution in [2.24, 2.45) is 16.8 Å². The van der Waals surface area contributed by atoms with Crippen molar-refractivity contribution in [1.29, 1.82) is 5.26 Å². The molecule has 2 amide bonds. The van der Waals surface area contributed by atoms with Gasteiger partial charge in [0.2, 0.25) is 12.1 Å². The van der Waals surface area contributed by atoms with Crippen LogP contribution < -0.4 is 10.2 Å². The number of amidine groups is 1. The maximum Gasteiger partial charge on any atom is 0.414 e. The molecule has 10 heteroatoms. The Hall–Kier alpha value is -3.24. The predicted molar refractivity (Wildman–Crippen MR) is 116 cm³/mol. The molecule has 2 aliphatic heterocycles. The Morgan fingerprint density at radius 3 is 2.61 bits per heavy atom. The Morgan fingerprint density at radius 2 is 2.06 bits per heavy atom. The van der Waals surface area contributed by atoms with E-state index in [1.807, 2.05) is 36.7 Å². The number of thioether (sulfide) groups is 1. The van der Waals surface area contributed by atoms with Crippen molar-refractivity contribution >= 4 is 34.6 Å². The van der Waals surface area contributed by atoms with Gasteiger partial charge in [0.15, 0.2) is 5.17 Å². The van der Waals surface area contributed by atoms with Gasteiger partial charge in [-0.3, -0.25) is 9.69 Å². The van der Waals surface area contributed by atoms with Crippen molar-refractivity contribution in [2.45, 2.75) is 18.6 Å². The molecule has 1 N–H and O–H groups in total. The number of benzene rings is 1. The van der Waals surface area contributed by atoms with Gasteiger partial charge >= 0.3 is 6.09 Å². The van der Waals surface area contributed by atoms with Gasteiger partial charge in [0, 0.05) is 31.3 Å². The molecule has 9 nitrogen and oxygen atoms in total. The summed E-state index contributed by atoms with van der Waals surface area (Å²) in [7, 11) is 0. The number of fused-ring (bicyclic) bond motifs is 1. The molecule has 3 aliphatic rings. The molecule has 0 spiro atoms. The number of amides is 2. The molecule has 31 heavy (non-hydrogen) atoms. The van der Waals surface area contributed by atoms with Gasteiger partial charge in [-0.2, -0.15) is 5.26 Å². The monoisotopic (exact) mass is 438 g/mol. The number of carbonyl (C=O) groups excluding carboxylic acids is 2. The highest BCUT2D eigenvalue weighted by atomic mass is 32.2. The molecule has 1 aromatic carbocycles. The van der Waals surface area contributed by atoms with Crippen LogP contribution in [-0.2, 0) is 15.1 Å². The quantitative estimate of drug-likeness (QED) is 0.334. The van der Waals surface area contributed by atoms with Crippen LogP contribution in [0, 0.1) is 29.9 Å². The summed E-state index contributed by atoms with van der Waals surface area (Å²) in [6.07, 6.45) is 2.91. The van der Waals surface area contributed by atoms with Crippen LogP contribution in [0.4, 0.5) is 10.5 Å². The number of ether oxygens (including phenoxy) is 1. The van der Waals surface area contributed by atoms with Crippen LogP contribution in [0.15, 0.2) is 29.3 Å². The number of aliphatic imine (C=N–C) groups is 1. The second-order valence-corrected chi connectivity index (χ2v) is 8.63. The Labute approximate surface area is 184 Å². The molecule has 1 saturated carbocycles. The van der Waals surface area contributed by atoms with Crippen molar-refractivity contribution in [1.82, 2.24) is 10.2 Å². The first-order valence-corrected chi connectivity index (χ1v) is 11.1. The number of rotatable bonds is 4. The van der Waals surface area contributed by atoms with Crippen molar-refractivity contribution < 1.29 is 14.3 Å². The lowest BCUT2D eigenvalue weighted by Crippen LogP contribution is -2.33. The number of likely N-dealkylation sites (tertiary alicyclic amines) is 1. The second-order valence-electron chi connectivity index (χ2n) is 7.85. The molecule has 1 aromatic rings. The standard InChI is InChI=1S/C21H22N6O3S/c1-13(28)24-8-16-9-27(20(29)30-16)15-6-4-14(5-7-15)21(23-2)17-10-26(11-18(17)21)19(31-3)25-12-22/h4-7,16-18H,8-11H2,1,3H3,(H,24,28)/t16-,17-,18+,21?/m0/s1. The first kappa shape index (κ1) is 21.0. The van der Waals surface area contributed by atoms with Crippen molar-refractivity contribution in [3.63, 3.8) is 0 Å². The predicted octanol–water partition coefficient (Wildman–Crippen LogP) is 2.02. The van der Waals surface area contributed by atoms with E-state index in [2.05, 4.69) is 20.1 Å². The summed E-state index contributed by atoms with van der Waals surface area (Å²) in [5, 5.41) is 12.2. The van der Waals surface area contributed by atoms with Gasteiger partial charge in [-0.1, -0.05) is 11.8 Å². The molecule has 0 bridgehead atoms. The zero-order valence-corrected chi connectivity index (χ0v) is 18.1. The number of nitriles is 1. The van der Waals surface area contributed by atoms with E-state index in [1.54, 1.807) is 4.90 Å². The van der Waals surface area contributed by atoms with Gasteiger partial charge in [-0.25, -0.2) is 11.4 Å². The summed E-state index contributed by atoms with van der Waals surface area (Å²) in [5.41, 5.74) is 1.11. The third-order valence-corrected chi connectivity index (χ3v) is 6.93. The van der Waals surface area contributed by atoms with E-state index in [0.29, 0.717) is 30.5 Å². The molecule has 3 fully saturated rings.